The lowest BCUT2D eigenvalue weighted by molar-refractivity contribution is -0.137. The van der Waals surface area contributed by atoms with E-state index in [1.54, 1.807) is 45.2 Å². The molecule has 12 heteroatoms. The van der Waals surface area contributed by atoms with Gasteiger partial charge in [-0.15, -0.1) is 0 Å². The molecule has 1 amide bonds. The standard InChI is InChI=1S/C27H34N4O6S2/c1-17(2)31(15-14-24(32)33)39(35,36)20-10-8-19(9-11-20)21(16-18-6-4-5-7-18)25(34)30-27-28-22-12-13-23(37-3)29-26(22)38-27/h8-13,17-18,21H,4-7,14-16H2,1-3H3,(H,32,33)(H,28,30,34). The molecule has 0 aliphatic heterocycles. The second kappa shape index (κ2) is 12.4. The first-order chi connectivity index (χ1) is 18.6. The number of nitrogens with zero attached hydrogens (tertiary/aromatic N) is 3. The van der Waals surface area contributed by atoms with Gasteiger partial charge >= 0.3 is 5.97 Å². The highest BCUT2D eigenvalue weighted by Gasteiger charge is 2.30. The lowest BCUT2D eigenvalue weighted by Gasteiger charge is -2.26. The van der Waals surface area contributed by atoms with E-state index >= 15 is 0 Å². The van der Waals surface area contributed by atoms with Crippen molar-refractivity contribution in [3.05, 3.63) is 42.0 Å². The third-order valence-corrected chi connectivity index (χ3v) is 10.0. The predicted octanol–water partition coefficient (Wildman–Crippen LogP) is 4.88. The zero-order chi connectivity index (χ0) is 28.2. The SMILES string of the molecule is COc1ccc2nc(NC(=O)C(CC3CCCC3)c3ccc(S(=O)(=O)N(CCC(=O)O)C(C)C)cc3)sc2n1. The van der Waals surface area contributed by atoms with Crippen molar-refractivity contribution in [2.45, 2.75) is 69.2 Å². The van der Waals surface area contributed by atoms with Crippen molar-refractivity contribution in [1.82, 2.24) is 14.3 Å². The number of ether oxygens (including phenoxy) is 1. The number of anilines is 1. The van der Waals surface area contributed by atoms with Crippen molar-refractivity contribution in [2.75, 3.05) is 19.0 Å². The van der Waals surface area contributed by atoms with Gasteiger partial charge in [-0.3, -0.25) is 9.59 Å². The maximum Gasteiger partial charge on any atom is 0.304 e. The van der Waals surface area contributed by atoms with E-state index in [0.717, 1.165) is 31.2 Å². The summed E-state index contributed by atoms with van der Waals surface area (Å²) in [7, 11) is -2.37. The second-order valence-electron chi connectivity index (χ2n) is 10.0. The highest BCUT2D eigenvalue weighted by Crippen LogP contribution is 2.36. The molecule has 2 aromatic heterocycles. The number of sulfonamides is 1. The van der Waals surface area contributed by atoms with Crippen LogP contribution in [0.15, 0.2) is 41.3 Å². The average molecular weight is 575 g/mol. The Labute approximate surface area is 232 Å². The summed E-state index contributed by atoms with van der Waals surface area (Å²) in [5, 5.41) is 12.4. The molecule has 0 spiro atoms. The van der Waals surface area contributed by atoms with Gasteiger partial charge in [0.15, 0.2) is 5.13 Å². The van der Waals surface area contributed by atoms with Crippen LogP contribution in [0.2, 0.25) is 0 Å². The fourth-order valence-corrected chi connectivity index (χ4v) is 7.47. The van der Waals surface area contributed by atoms with Gasteiger partial charge in [-0.25, -0.2) is 18.4 Å². The molecule has 10 nitrogen and oxygen atoms in total. The van der Waals surface area contributed by atoms with Gasteiger partial charge in [-0.1, -0.05) is 49.2 Å². The number of hydrogen-bond donors (Lipinski definition) is 2. The molecule has 1 aliphatic rings. The minimum atomic E-state index is -3.91. The maximum atomic E-state index is 13.6. The molecule has 0 saturated heterocycles. The molecule has 0 radical (unpaired) electrons. The minimum Gasteiger partial charge on any atom is -0.481 e. The van der Waals surface area contributed by atoms with Crippen molar-refractivity contribution in [2.24, 2.45) is 5.92 Å². The number of hydrogen-bond acceptors (Lipinski definition) is 8. The van der Waals surface area contributed by atoms with Crippen LogP contribution < -0.4 is 10.1 Å². The van der Waals surface area contributed by atoms with Crippen LogP contribution in [-0.2, 0) is 19.6 Å². The minimum absolute atomic E-state index is 0.0663. The number of carbonyl (C=O) groups is 2. The molecular weight excluding hydrogens is 540 g/mol. The Kier molecular flexibility index (Phi) is 9.19. The molecule has 2 N–H and O–H groups in total. The first kappa shape index (κ1) is 28.9. The van der Waals surface area contributed by atoms with Crippen molar-refractivity contribution in [3.63, 3.8) is 0 Å². The summed E-state index contributed by atoms with van der Waals surface area (Å²) in [4.78, 5) is 34.2. The van der Waals surface area contributed by atoms with E-state index in [-0.39, 0.29) is 23.8 Å². The number of rotatable bonds is 12. The Hall–Kier alpha value is -3.09. The zero-order valence-electron chi connectivity index (χ0n) is 22.3. The van der Waals surface area contributed by atoms with Crippen molar-refractivity contribution >= 4 is 48.7 Å². The summed E-state index contributed by atoms with van der Waals surface area (Å²) in [5.41, 5.74) is 1.39. The van der Waals surface area contributed by atoms with Gasteiger partial charge < -0.3 is 15.2 Å². The number of amides is 1. The van der Waals surface area contributed by atoms with E-state index in [4.69, 9.17) is 9.84 Å². The zero-order valence-corrected chi connectivity index (χ0v) is 23.9. The third kappa shape index (κ3) is 6.92. The molecule has 3 aromatic rings. The Morgan fingerprint density at radius 1 is 1.13 bits per heavy atom. The largest absolute Gasteiger partial charge is 0.481 e. The number of benzene rings is 1. The Morgan fingerprint density at radius 2 is 1.82 bits per heavy atom. The Balaban J connectivity index is 1.58. The highest BCUT2D eigenvalue weighted by atomic mass is 32.2. The molecule has 210 valence electrons. The number of thiazole rings is 1. The summed E-state index contributed by atoms with van der Waals surface area (Å²) in [6.07, 6.45) is 4.78. The van der Waals surface area contributed by atoms with E-state index in [9.17, 15) is 18.0 Å². The molecular formula is C27H34N4O6S2. The van der Waals surface area contributed by atoms with E-state index in [0.29, 0.717) is 33.7 Å². The number of carbonyl (C=O) groups excluding carboxylic acids is 1. The second-order valence-corrected chi connectivity index (χ2v) is 12.9. The predicted molar refractivity (Wildman–Crippen MR) is 150 cm³/mol. The van der Waals surface area contributed by atoms with Crippen molar-refractivity contribution < 1.29 is 27.9 Å². The number of aromatic nitrogens is 2. The molecule has 1 aromatic carbocycles. The normalized spacial score (nSPS) is 15.2. The van der Waals surface area contributed by atoms with Crippen LogP contribution in [0.25, 0.3) is 10.3 Å². The monoisotopic (exact) mass is 574 g/mol. The van der Waals surface area contributed by atoms with E-state index in [1.165, 1.54) is 27.8 Å². The number of fused-ring (bicyclic) bond motifs is 1. The smallest absolute Gasteiger partial charge is 0.304 e. The van der Waals surface area contributed by atoms with Crippen LogP contribution in [0, 0.1) is 5.92 Å². The van der Waals surface area contributed by atoms with Gasteiger partial charge in [0.05, 0.1) is 24.3 Å². The van der Waals surface area contributed by atoms with E-state index < -0.39 is 28.0 Å². The average Bonchev–Trinajstić information content (AvgIpc) is 3.55. The Morgan fingerprint density at radius 3 is 2.44 bits per heavy atom. The van der Waals surface area contributed by atoms with Gasteiger partial charge in [0.2, 0.25) is 21.8 Å². The summed E-state index contributed by atoms with van der Waals surface area (Å²) in [6, 6.07) is 9.48. The van der Waals surface area contributed by atoms with Crippen LogP contribution in [-0.4, -0.2) is 59.4 Å². The van der Waals surface area contributed by atoms with Crippen LogP contribution in [0.3, 0.4) is 0 Å². The van der Waals surface area contributed by atoms with E-state index in [1.807, 2.05) is 0 Å². The highest BCUT2D eigenvalue weighted by molar-refractivity contribution is 7.89. The number of nitrogens with one attached hydrogen (secondary N) is 1. The summed E-state index contributed by atoms with van der Waals surface area (Å²) in [6.45, 7) is 3.31. The molecule has 1 atom stereocenters. The van der Waals surface area contributed by atoms with Crippen molar-refractivity contribution in [1.29, 1.82) is 0 Å². The summed E-state index contributed by atoms with van der Waals surface area (Å²) in [5.74, 6) is -0.855. The number of pyridine rings is 1. The first-order valence-corrected chi connectivity index (χ1v) is 15.3. The van der Waals surface area contributed by atoms with Gasteiger partial charge in [0.1, 0.15) is 10.3 Å². The maximum absolute atomic E-state index is 13.6. The van der Waals surface area contributed by atoms with E-state index in [2.05, 4.69) is 15.3 Å². The lowest BCUT2D eigenvalue weighted by atomic mass is 9.87. The molecule has 1 aliphatic carbocycles. The number of methoxy groups -OCH3 is 1. The topological polar surface area (TPSA) is 139 Å². The third-order valence-electron chi connectivity index (χ3n) is 7.04. The first-order valence-electron chi connectivity index (χ1n) is 13.0. The molecule has 2 heterocycles. The summed E-state index contributed by atoms with van der Waals surface area (Å²) >= 11 is 1.27. The Bertz CT molecular complexity index is 1420. The van der Waals surface area contributed by atoms with Crippen LogP contribution in [0.4, 0.5) is 5.13 Å². The number of carboxylic acid groups (broad SMARTS) is 1. The lowest BCUT2D eigenvalue weighted by Crippen LogP contribution is -2.38. The molecule has 4 rings (SSSR count). The quantitative estimate of drug-likeness (QED) is 0.312. The van der Waals surface area contributed by atoms with Crippen LogP contribution in [0.5, 0.6) is 5.88 Å². The fourth-order valence-electron chi connectivity index (χ4n) is 5.00. The van der Waals surface area contributed by atoms with Gasteiger partial charge in [-0.05, 0) is 49.9 Å². The van der Waals surface area contributed by atoms with Gasteiger partial charge in [0.25, 0.3) is 0 Å². The molecule has 1 unspecified atom stereocenters. The van der Waals surface area contributed by atoms with Gasteiger partial charge in [0, 0.05) is 18.7 Å². The van der Waals surface area contributed by atoms with Crippen LogP contribution in [0.1, 0.15) is 63.9 Å². The van der Waals surface area contributed by atoms with Crippen molar-refractivity contribution in [3.8, 4) is 5.88 Å². The summed E-state index contributed by atoms with van der Waals surface area (Å²) < 4.78 is 32.9. The van der Waals surface area contributed by atoms with Crippen LogP contribution >= 0.6 is 11.3 Å². The fraction of sp³-hybridized carbons (Fsp3) is 0.481. The number of carboxylic acids is 1. The molecule has 1 fully saturated rings. The number of aliphatic carboxylic acids is 1. The molecule has 39 heavy (non-hydrogen) atoms. The molecule has 1 saturated carbocycles. The van der Waals surface area contributed by atoms with Gasteiger partial charge in [-0.2, -0.15) is 4.31 Å². The molecule has 0 bridgehead atoms.